The Balaban J connectivity index is 0.00000261. The quantitative estimate of drug-likeness (QED) is 0.304. The molecule has 2 aliphatic carbocycles. The van der Waals surface area contributed by atoms with Crippen molar-refractivity contribution in [2.75, 3.05) is 26.2 Å². The number of carbonyl (C=O) groups is 1. The number of guanidine groups is 1. The minimum atomic E-state index is 0. The molecular weight excluding hydrogens is 453 g/mol. The number of rotatable bonds is 6. The molecule has 1 saturated heterocycles. The minimum absolute atomic E-state index is 0. The first-order valence-electron chi connectivity index (χ1n) is 10.8. The van der Waals surface area contributed by atoms with Crippen LogP contribution in [-0.4, -0.2) is 61.1 Å². The smallest absolute Gasteiger partial charge is 0.242 e. The molecule has 0 spiro atoms. The first kappa shape index (κ1) is 22.7. The van der Waals surface area contributed by atoms with E-state index in [4.69, 9.17) is 0 Å². The summed E-state index contributed by atoms with van der Waals surface area (Å²) in [6.07, 6.45) is 12.7. The third kappa shape index (κ3) is 7.40. The largest absolute Gasteiger partial charge is 0.357 e. The lowest BCUT2D eigenvalue weighted by Gasteiger charge is -2.24. The highest BCUT2D eigenvalue weighted by Gasteiger charge is 2.30. The molecule has 1 heterocycles. The fraction of sp³-hybridized carbons (Fsp3) is 0.900. The van der Waals surface area contributed by atoms with E-state index in [0.717, 1.165) is 44.4 Å². The van der Waals surface area contributed by atoms with Crippen LogP contribution in [0.1, 0.15) is 71.1 Å². The molecule has 3 fully saturated rings. The molecule has 0 radical (unpaired) electrons. The van der Waals surface area contributed by atoms with Gasteiger partial charge in [0, 0.05) is 37.8 Å². The number of amides is 1. The maximum atomic E-state index is 12.2. The third-order valence-corrected chi connectivity index (χ3v) is 6.10. The monoisotopic (exact) mass is 491 g/mol. The van der Waals surface area contributed by atoms with E-state index in [1.165, 1.54) is 51.5 Å². The minimum Gasteiger partial charge on any atom is -0.357 e. The van der Waals surface area contributed by atoms with Gasteiger partial charge < -0.3 is 16.0 Å². The van der Waals surface area contributed by atoms with Crippen LogP contribution in [0, 0.1) is 0 Å². The van der Waals surface area contributed by atoms with Gasteiger partial charge in [-0.2, -0.15) is 0 Å². The summed E-state index contributed by atoms with van der Waals surface area (Å²) in [4.78, 5) is 19.4. The zero-order valence-corrected chi connectivity index (χ0v) is 19.2. The van der Waals surface area contributed by atoms with Crippen molar-refractivity contribution in [3.05, 3.63) is 0 Å². The second-order valence-corrected chi connectivity index (χ2v) is 8.16. The fourth-order valence-corrected chi connectivity index (χ4v) is 4.69. The zero-order valence-electron chi connectivity index (χ0n) is 16.8. The van der Waals surface area contributed by atoms with E-state index in [1.807, 2.05) is 0 Å². The number of nitrogens with one attached hydrogen (secondary N) is 3. The van der Waals surface area contributed by atoms with Gasteiger partial charge >= 0.3 is 0 Å². The standard InChI is InChI=1S/C20H37N5O.HI/c1-2-21-20(22-14-19(26)23-16-8-4-3-5-9-16)24-17-12-13-25(15-17)18-10-6-7-11-18;/h16-18H,2-15H2,1H3,(H,23,26)(H2,21,22,24);1H. The molecule has 2 saturated carbocycles. The van der Waals surface area contributed by atoms with Gasteiger partial charge in [-0.1, -0.05) is 32.1 Å². The number of halogens is 1. The molecule has 1 amide bonds. The van der Waals surface area contributed by atoms with Gasteiger partial charge in [0.1, 0.15) is 6.54 Å². The third-order valence-electron chi connectivity index (χ3n) is 6.10. The van der Waals surface area contributed by atoms with Crippen LogP contribution >= 0.6 is 24.0 Å². The van der Waals surface area contributed by atoms with Gasteiger partial charge in [-0.15, -0.1) is 24.0 Å². The van der Waals surface area contributed by atoms with Gasteiger partial charge in [0.05, 0.1) is 0 Å². The van der Waals surface area contributed by atoms with E-state index in [1.54, 1.807) is 0 Å². The van der Waals surface area contributed by atoms with Crippen LogP contribution in [0.4, 0.5) is 0 Å². The van der Waals surface area contributed by atoms with Crippen molar-refractivity contribution >= 4 is 35.8 Å². The van der Waals surface area contributed by atoms with Crippen LogP contribution in [0.25, 0.3) is 0 Å². The summed E-state index contributed by atoms with van der Waals surface area (Å²) in [5, 5.41) is 9.98. The Kier molecular flexibility index (Phi) is 10.2. The fourth-order valence-electron chi connectivity index (χ4n) is 4.69. The number of hydrogen-bond donors (Lipinski definition) is 3. The van der Waals surface area contributed by atoms with Crippen LogP contribution < -0.4 is 16.0 Å². The number of hydrogen-bond acceptors (Lipinski definition) is 3. The van der Waals surface area contributed by atoms with Crippen molar-refractivity contribution in [3.63, 3.8) is 0 Å². The van der Waals surface area contributed by atoms with Crippen LogP contribution in [0.5, 0.6) is 0 Å². The first-order chi connectivity index (χ1) is 12.7. The number of aliphatic imine (C=N–C) groups is 1. The lowest BCUT2D eigenvalue weighted by atomic mass is 9.95. The maximum absolute atomic E-state index is 12.2. The average Bonchev–Trinajstić information content (AvgIpc) is 3.32. The molecule has 3 N–H and O–H groups in total. The van der Waals surface area contributed by atoms with Gasteiger partial charge in [0.15, 0.2) is 5.96 Å². The van der Waals surface area contributed by atoms with E-state index >= 15 is 0 Å². The second kappa shape index (κ2) is 12.1. The molecule has 0 bridgehead atoms. The topological polar surface area (TPSA) is 68.8 Å². The van der Waals surface area contributed by atoms with E-state index in [0.29, 0.717) is 12.1 Å². The van der Waals surface area contributed by atoms with Crippen LogP contribution in [0.2, 0.25) is 0 Å². The van der Waals surface area contributed by atoms with E-state index in [9.17, 15) is 4.79 Å². The zero-order chi connectivity index (χ0) is 18.2. The summed E-state index contributed by atoms with van der Waals surface area (Å²) in [5.74, 6) is 0.831. The van der Waals surface area contributed by atoms with Crippen molar-refractivity contribution in [1.82, 2.24) is 20.9 Å². The lowest BCUT2D eigenvalue weighted by molar-refractivity contribution is -0.120. The van der Waals surface area contributed by atoms with Crippen molar-refractivity contribution < 1.29 is 4.79 Å². The lowest BCUT2D eigenvalue weighted by Crippen LogP contribution is -2.46. The predicted octanol–water partition coefficient (Wildman–Crippen LogP) is 2.63. The Morgan fingerprint density at radius 3 is 2.37 bits per heavy atom. The van der Waals surface area contributed by atoms with E-state index in [-0.39, 0.29) is 36.4 Å². The molecule has 3 aliphatic rings. The van der Waals surface area contributed by atoms with Crippen LogP contribution in [-0.2, 0) is 4.79 Å². The molecule has 27 heavy (non-hydrogen) atoms. The highest BCUT2D eigenvalue weighted by atomic mass is 127. The Labute approximate surface area is 181 Å². The second-order valence-electron chi connectivity index (χ2n) is 8.16. The summed E-state index contributed by atoms with van der Waals surface area (Å²) < 4.78 is 0. The average molecular weight is 491 g/mol. The Morgan fingerprint density at radius 2 is 1.67 bits per heavy atom. The Hall–Kier alpha value is -0.570. The molecule has 156 valence electrons. The number of carbonyl (C=O) groups excluding carboxylic acids is 1. The number of nitrogens with zero attached hydrogens (tertiary/aromatic N) is 2. The summed E-state index contributed by atoms with van der Waals surface area (Å²) >= 11 is 0. The normalized spacial score (nSPS) is 25.2. The van der Waals surface area contributed by atoms with Crippen LogP contribution in [0.3, 0.4) is 0 Å². The molecular formula is C20H38IN5O. The van der Waals surface area contributed by atoms with Crippen molar-refractivity contribution in [1.29, 1.82) is 0 Å². The molecule has 0 aromatic rings. The Bertz CT molecular complexity index is 475. The van der Waals surface area contributed by atoms with Gasteiger partial charge in [-0.3, -0.25) is 9.69 Å². The van der Waals surface area contributed by atoms with E-state index in [2.05, 4.69) is 32.8 Å². The van der Waals surface area contributed by atoms with Gasteiger partial charge in [-0.25, -0.2) is 4.99 Å². The summed E-state index contributed by atoms with van der Waals surface area (Å²) in [6, 6.07) is 1.59. The van der Waals surface area contributed by atoms with Crippen LogP contribution in [0.15, 0.2) is 4.99 Å². The van der Waals surface area contributed by atoms with Gasteiger partial charge in [-0.05, 0) is 39.0 Å². The number of likely N-dealkylation sites (tertiary alicyclic amines) is 1. The Morgan fingerprint density at radius 1 is 0.963 bits per heavy atom. The summed E-state index contributed by atoms with van der Waals surface area (Å²) in [7, 11) is 0. The molecule has 1 unspecified atom stereocenters. The molecule has 6 nitrogen and oxygen atoms in total. The predicted molar refractivity (Wildman–Crippen MR) is 122 cm³/mol. The first-order valence-corrected chi connectivity index (χ1v) is 10.8. The highest BCUT2D eigenvalue weighted by Crippen LogP contribution is 2.26. The summed E-state index contributed by atoms with van der Waals surface area (Å²) in [5.41, 5.74) is 0. The van der Waals surface area contributed by atoms with Crippen molar-refractivity contribution in [2.24, 2.45) is 4.99 Å². The van der Waals surface area contributed by atoms with E-state index < -0.39 is 0 Å². The van der Waals surface area contributed by atoms with Crippen molar-refractivity contribution in [3.8, 4) is 0 Å². The van der Waals surface area contributed by atoms with Gasteiger partial charge in [0.2, 0.25) is 5.91 Å². The molecule has 7 heteroatoms. The summed E-state index contributed by atoms with van der Waals surface area (Å²) in [6.45, 7) is 5.38. The van der Waals surface area contributed by atoms with Crippen molar-refractivity contribution in [2.45, 2.75) is 89.3 Å². The molecule has 3 rings (SSSR count). The highest BCUT2D eigenvalue weighted by molar-refractivity contribution is 14.0. The molecule has 1 aliphatic heterocycles. The molecule has 0 aromatic heterocycles. The SMILES string of the molecule is CCNC(=NCC(=O)NC1CCCCC1)NC1CCN(C2CCCC2)C1.I. The maximum Gasteiger partial charge on any atom is 0.242 e. The molecule has 0 aromatic carbocycles. The van der Waals surface area contributed by atoms with Gasteiger partial charge in [0.25, 0.3) is 0 Å². The molecule has 1 atom stereocenters.